The molecule has 5 nitrogen and oxygen atoms in total. The van der Waals surface area contributed by atoms with Crippen molar-refractivity contribution in [3.63, 3.8) is 0 Å². The van der Waals surface area contributed by atoms with Crippen molar-refractivity contribution >= 4 is 21.6 Å². The smallest absolute Gasteiger partial charge is 0.227 e. The van der Waals surface area contributed by atoms with E-state index in [2.05, 4.69) is 5.32 Å². The number of nitrogens with zero attached hydrogens (tertiary/aromatic N) is 1. The highest BCUT2D eigenvalue weighted by Gasteiger charge is 2.31. The Morgan fingerprint density at radius 2 is 1.78 bits per heavy atom. The third-order valence-corrected chi connectivity index (χ3v) is 6.43. The second-order valence-electron chi connectivity index (χ2n) is 6.52. The molecule has 0 radical (unpaired) electrons. The molecule has 0 unspecified atom stereocenters. The summed E-state index contributed by atoms with van der Waals surface area (Å²) in [6.07, 6.45) is 0.718. The highest BCUT2D eigenvalue weighted by Crippen LogP contribution is 2.24. The molecule has 2 aromatic rings. The van der Waals surface area contributed by atoms with Crippen LogP contribution in [0.2, 0.25) is 0 Å². The number of rotatable bonds is 5. The molecule has 2 aromatic carbocycles. The largest absolute Gasteiger partial charge is 0.326 e. The lowest BCUT2D eigenvalue weighted by atomic mass is 9.97. The molecular weight excluding hydrogens is 374 g/mol. The molecule has 0 atom stereocenters. The minimum absolute atomic E-state index is 0.128. The fraction of sp³-hybridized carbons (Fsp3) is 0.316. The Bertz CT molecular complexity index is 926. The number of amides is 1. The molecule has 144 valence electrons. The van der Waals surface area contributed by atoms with Gasteiger partial charge in [0.1, 0.15) is 11.6 Å². The predicted octanol–water partition coefficient (Wildman–Crippen LogP) is 3.15. The van der Waals surface area contributed by atoms with E-state index in [0.717, 1.165) is 0 Å². The molecule has 0 saturated carbocycles. The number of carbonyl (C=O) groups excluding carboxylic acids is 1. The Labute approximate surface area is 157 Å². The van der Waals surface area contributed by atoms with Gasteiger partial charge in [0.15, 0.2) is 0 Å². The minimum atomic E-state index is -3.66. The van der Waals surface area contributed by atoms with Gasteiger partial charge < -0.3 is 5.32 Å². The van der Waals surface area contributed by atoms with Gasteiger partial charge in [-0.05, 0) is 37.1 Å². The van der Waals surface area contributed by atoms with Gasteiger partial charge in [0, 0.05) is 30.3 Å². The van der Waals surface area contributed by atoms with Crippen LogP contribution in [-0.2, 0) is 20.6 Å². The molecule has 0 spiro atoms. The van der Waals surface area contributed by atoms with Gasteiger partial charge >= 0.3 is 0 Å². The van der Waals surface area contributed by atoms with Gasteiger partial charge in [0.05, 0.1) is 5.75 Å². The maximum absolute atomic E-state index is 13.7. The van der Waals surface area contributed by atoms with Gasteiger partial charge in [0.2, 0.25) is 15.9 Å². The van der Waals surface area contributed by atoms with Crippen molar-refractivity contribution < 1.29 is 22.0 Å². The average molecular weight is 394 g/mol. The van der Waals surface area contributed by atoms with Crippen molar-refractivity contribution in [2.45, 2.75) is 18.6 Å². The van der Waals surface area contributed by atoms with E-state index in [1.54, 1.807) is 12.1 Å². The Morgan fingerprint density at radius 3 is 2.44 bits per heavy atom. The number of halogens is 2. The van der Waals surface area contributed by atoms with Gasteiger partial charge in [-0.3, -0.25) is 4.79 Å². The molecule has 1 aliphatic rings. The third kappa shape index (κ3) is 4.90. The van der Waals surface area contributed by atoms with Crippen molar-refractivity contribution in [1.82, 2.24) is 4.31 Å². The van der Waals surface area contributed by atoms with Crippen molar-refractivity contribution in [1.29, 1.82) is 0 Å². The van der Waals surface area contributed by atoms with E-state index < -0.39 is 27.4 Å². The lowest BCUT2D eigenvalue weighted by Crippen LogP contribution is -2.42. The van der Waals surface area contributed by atoms with Crippen molar-refractivity contribution in [2.75, 3.05) is 18.4 Å². The average Bonchev–Trinajstić information content (AvgIpc) is 2.64. The Kier molecular flexibility index (Phi) is 5.86. The molecule has 1 heterocycles. The van der Waals surface area contributed by atoms with E-state index in [-0.39, 0.29) is 30.5 Å². The number of sulfonamides is 1. The number of hydrogen-bond acceptors (Lipinski definition) is 3. The highest BCUT2D eigenvalue weighted by molar-refractivity contribution is 7.88. The Morgan fingerprint density at radius 1 is 1.07 bits per heavy atom. The topological polar surface area (TPSA) is 66.5 Å². The molecule has 27 heavy (non-hydrogen) atoms. The van der Waals surface area contributed by atoms with E-state index in [1.165, 1.54) is 40.7 Å². The Balaban J connectivity index is 1.58. The van der Waals surface area contributed by atoms with Crippen LogP contribution in [0.3, 0.4) is 0 Å². The monoisotopic (exact) mass is 394 g/mol. The standard InChI is InChI=1S/C19H20F2N2O3S/c20-16-5-3-6-17(12-16)22-19(24)14-8-10-23(11-9-14)27(25,26)13-15-4-1-2-7-18(15)21/h1-7,12,14H,8-11,13H2,(H,22,24). The second kappa shape index (κ2) is 8.14. The van der Waals surface area contributed by atoms with Crippen molar-refractivity contribution in [2.24, 2.45) is 5.92 Å². The van der Waals surface area contributed by atoms with Gasteiger partial charge in [0.25, 0.3) is 0 Å². The van der Waals surface area contributed by atoms with Crippen LogP contribution in [0, 0.1) is 17.6 Å². The number of nitrogens with one attached hydrogen (secondary N) is 1. The number of hydrogen-bond donors (Lipinski definition) is 1. The molecule has 0 aliphatic carbocycles. The molecule has 1 aliphatic heterocycles. The van der Waals surface area contributed by atoms with Gasteiger partial charge in [-0.2, -0.15) is 0 Å². The van der Waals surface area contributed by atoms with E-state index in [4.69, 9.17) is 0 Å². The first-order chi connectivity index (χ1) is 12.8. The molecular formula is C19H20F2N2O3S. The number of carbonyl (C=O) groups is 1. The van der Waals surface area contributed by atoms with Crippen LogP contribution < -0.4 is 5.32 Å². The number of piperidine rings is 1. The summed E-state index contributed by atoms with van der Waals surface area (Å²) in [5.74, 6) is -2.01. The molecule has 3 rings (SSSR count). The number of anilines is 1. The van der Waals surface area contributed by atoms with Crippen molar-refractivity contribution in [3.8, 4) is 0 Å². The fourth-order valence-corrected chi connectivity index (χ4v) is 4.69. The summed E-state index contributed by atoms with van der Waals surface area (Å²) < 4.78 is 53.3. The summed E-state index contributed by atoms with van der Waals surface area (Å²) in [6.45, 7) is 0.385. The third-order valence-electron chi connectivity index (χ3n) is 4.61. The SMILES string of the molecule is O=C(Nc1cccc(F)c1)C1CCN(S(=O)(=O)Cc2ccccc2F)CC1. The summed E-state index contributed by atoms with van der Waals surface area (Å²) in [5, 5.41) is 2.66. The second-order valence-corrected chi connectivity index (χ2v) is 8.49. The molecule has 1 amide bonds. The minimum Gasteiger partial charge on any atom is -0.326 e. The van der Waals surface area contributed by atoms with Gasteiger partial charge in [-0.1, -0.05) is 24.3 Å². The normalized spacial score (nSPS) is 16.2. The number of benzene rings is 2. The quantitative estimate of drug-likeness (QED) is 0.847. The van der Waals surface area contributed by atoms with Gasteiger partial charge in [-0.15, -0.1) is 0 Å². The first-order valence-corrected chi connectivity index (χ1v) is 10.2. The van der Waals surface area contributed by atoms with E-state index >= 15 is 0 Å². The van der Waals surface area contributed by atoms with Crippen LogP contribution in [0.25, 0.3) is 0 Å². The molecule has 1 fully saturated rings. The predicted molar refractivity (Wildman–Crippen MR) is 98.4 cm³/mol. The van der Waals surface area contributed by atoms with Crippen LogP contribution in [-0.4, -0.2) is 31.7 Å². The molecule has 1 N–H and O–H groups in total. The zero-order valence-corrected chi connectivity index (χ0v) is 15.4. The van der Waals surface area contributed by atoms with Crippen LogP contribution in [0.1, 0.15) is 18.4 Å². The summed E-state index contributed by atoms with van der Waals surface area (Å²) in [4.78, 5) is 12.3. The lowest BCUT2D eigenvalue weighted by molar-refractivity contribution is -0.120. The van der Waals surface area contributed by atoms with E-state index in [1.807, 2.05) is 0 Å². The molecule has 8 heteroatoms. The highest BCUT2D eigenvalue weighted by atomic mass is 32.2. The van der Waals surface area contributed by atoms with Crippen LogP contribution in [0.4, 0.5) is 14.5 Å². The lowest BCUT2D eigenvalue weighted by Gasteiger charge is -2.30. The van der Waals surface area contributed by atoms with E-state index in [0.29, 0.717) is 18.5 Å². The zero-order valence-electron chi connectivity index (χ0n) is 14.6. The van der Waals surface area contributed by atoms with Crippen molar-refractivity contribution in [3.05, 3.63) is 65.7 Å². The van der Waals surface area contributed by atoms with Crippen LogP contribution in [0.5, 0.6) is 0 Å². The summed E-state index contributed by atoms with van der Waals surface area (Å²) in [7, 11) is -3.66. The maximum atomic E-state index is 13.7. The molecule has 1 saturated heterocycles. The molecule has 0 bridgehead atoms. The van der Waals surface area contributed by atoms with Crippen LogP contribution >= 0.6 is 0 Å². The summed E-state index contributed by atoms with van der Waals surface area (Å²) >= 11 is 0. The van der Waals surface area contributed by atoms with Crippen LogP contribution in [0.15, 0.2) is 48.5 Å². The summed E-state index contributed by atoms with van der Waals surface area (Å²) in [5.41, 5.74) is 0.498. The zero-order chi connectivity index (χ0) is 19.4. The fourth-order valence-electron chi connectivity index (χ4n) is 3.11. The maximum Gasteiger partial charge on any atom is 0.227 e. The first kappa shape index (κ1) is 19.4. The Hall–Kier alpha value is -2.32. The van der Waals surface area contributed by atoms with Gasteiger partial charge in [-0.25, -0.2) is 21.5 Å². The van der Waals surface area contributed by atoms with E-state index in [9.17, 15) is 22.0 Å². The first-order valence-electron chi connectivity index (χ1n) is 8.63. The summed E-state index contributed by atoms with van der Waals surface area (Å²) in [6, 6.07) is 11.4. The molecule has 0 aromatic heterocycles.